The second kappa shape index (κ2) is 4.88. The van der Waals surface area contributed by atoms with Gasteiger partial charge in [-0.1, -0.05) is 12.8 Å². The average Bonchev–Trinajstić information content (AvgIpc) is 2.88. The third-order valence-electron chi connectivity index (χ3n) is 3.85. The molecule has 1 saturated carbocycles. The summed E-state index contributed by atoms with van der Waals surface area (Å²) in [6.07, 6.45) is 3.60. The first kappa shape index (κ1) is 12.7. The molecule has 1 fully saturated rings. The first-order valence-electron chi connectivity index (χ1n) is 6.16. The second-order valence-electron chi connectivity index (χ2n) is 4.72. The van der Waals surface area contributed by atoms with Crippen LogP contribution in [0.25, 0.3) is 0 Å². The second-order valence-corrected chi connectivity index (χ2v) is 4.72. The van der Waals surface area contributed by atoms with Crippen molar-refractivity contribution in [1.82, 2.24) is 0 Å². The molecular weight excluding hydrogens is 230 g/mol. The molecule has 1 aromatic rings. The fourth-order valence-electron chi connectivity index (χ4n) is 2.82. The largest absolute Gasteiger partial charge is 0.497 e. The summed E-state index contributed by atoms with van der Waals surface area (Å²) in [6, 6.07) is 5.53. The lowest BCUT2D eigenvalue weighted by Crippen LogP contribution is -2.39. The maximum Gasteiger partial charge on any atom is 0.228 e. The molecule has 0 unspecified atom stereocenters. The third-order valence-corrected chi connectivity index (χ3v) is 3.85. The van der Waals surface area contributed by atoms with Gasteiger partial charge in [0, 0.05) is 5.56 Å². The van der Waals surface area contributed by atoms with Crippen LogP contribution in [-0.2, 0) is 10.2 Å². The van der Waals surface area contributed by atoms with E-state index < -0.39 is 5.41 Å². The molecule has 0 radical (unpaired) electrons. The molecule has 4 nitrogen and oxygen atoms in total. The van der Waals surface area contributed by atoms with E-state index in [-0.39, 0.29) is 5.91 Å². The number of hydrogen-bond donors (Lipinski definition) is 1. The van der Waals surface area contributed by atoms with Gasteiger partial charge in [0.15, 0.2) is 0 Å². The lowest BCUT2D eigenvalue weighted by atomic mass is 9.77. The number of benzene rings is 1. The highest BCUT2D eigenvalue weighted by atomic mass is 16.5. The van der Waals surface area contributed by atoms with E-state index >= 15 is 0 Å². The zero-order chi connectivity index (χ0) is 13.2. The molecule has 18 heavy (non-hydrogen) atoms. The number of carbonyl (C=O) groups is 1. The summed E-state index contributed by atoms with van der Waals surface area (Å²) in [5.41, 5.74) is 5.90. The molecule has 0 bridgehead atoms. The Morgan fingerprint density at radius 2 is 1.89 bits per heavy atom. The Kier molecular flexibility index (Phi) is 3.45. The summed E-state index contributed by atoms with van der Waals surface area (Å²) in [5, 5.41) is 0. The van der Waals surface area contributed by atoms with Gasteiger partial charge in [-0.15, -0.1) is 0 Å². The van der Waals surface area contributed by atoms with Gasteiger partial charge in [0.25, 0.3) is 0 Å². The molecular formula is C14H19NO3. The molecule has 0 spiro atoms. The molecule has 0 aromatic heterocycles. The quantitative estimate of drug-likeness (QED) is 0.887. The molecule has 1 aliphatic rings. The van der Waals surface area contributed by atoms with Crippen molar-refractivity contribution in [2.45, 2.75) is 31.1 Å². The van der Waals surface area contributed by atoms with E-state index in [4.69, 9.17) is 15.2 Å². The van der Waals surface area contributed by atoms with E-state index in [1.807, 2.05) is 18.2 Å². The van der Waals surface area contributed by atoms with Crippen LogP contribution in [0, 0.1) is 0 Å². The van der Waals surface area contributed by atoms with Gasteiger partial charge in [0.05, 0.1) is 19.6 Å². The van der Waals surface area contributed by atoms with Gasteiger partial charge in [0.1, 0.15) is 11.5 Å². The molecule has 98 valence electrons. The number of ether oxygens (including phenoxy) is 2. The smallest absolute Gasteiger partial charge is 0.228 e. The van der Waals surface area contributed by atoms with Crippen LogP contribution in [0.5, 0.6) is 11.5 Å². The van der Waals surface area contributed by atoms with Crippen LogP contribution < -0.4 is 15.2 Å². The Bertz CT molecular complexity index is 450. The monoisotopic (exact) mass is 249 g/mol. The van der Waals surface area contributed by atoms with Crippen LogP contribution in [0.1, 0.15) is 31.2 Å². The highest BCUT2D eigenvalue weighted by Crippen LogP contribution is 2.45. The average molecular weight is 249 g/mol. The molecule has 4 heteroatoms. The number of rotatable bonds is 4. The molecule has 1 aromatic carbocycles. The zero-order valence-electron chi connectivity index (χ0n) is 10.9. The molecule has 0 aliphatic heterocycles. The fourth-order valence-corrected chi connectivity index (χ4v) is 2.82. The van der Waals surface area contributed by atoms with Crippen molar-refractivity contribution < 1.29 is 14.3 Å². The summed E-state index contributed by atoms with van der Waals surface area (Å²) >= 11 is 0. The predicted octanol–water partition coefficient (Wildman–Crippen LogP) is 2.00. The topological polar surface area (TPSA) is 61.6 Å². The number of amides is 1. The van der Waals surface area contributed by atoms with Crippen molar-refractivity contribution in [3.63, 3.8) is 0 Å². The molecule has 2 rings (SSSR count). The maximum absolute atomic E-state index is 11.9. The first-order valence-corrected chi connectivity index (χ1v) is 6.16. The van der Waals surface area contributed by atoms with E-state index in [0.29, 0.717) is 5.75 Å². The standard InChI is InChI=1S/C14H19NO3/c1-17-10-5-6-12(18-2)11(9-10)14(13(15)16)7-3-4-8-14/h5-6,9H,3-4,7-8H2,1-2H3,(H2,15,16). The van der Waals surface area contributed by atoms with Gasteiger partial charge < -0.3 is 15.2 Å². The van der Waals surface area contributed by atoms with Gasteiger partial charge in [-0.3, -0.25) is 4.79 Å². The lowest BCUT2D eigenvalue weighted by molar-refractivity contribution is -0.123. The number of methoxy groups -OCH3 is 2. The van der Waals surface area contributed by atoms with Gasteiger partial charge in [-0.25, -0.2) is 0 Å². The van der Waals surface area contributed by atoms with Gasteiger partial charge in [-0.2, -0.15) is 0 Å². The van der Waals surface area contributed by atoms with E-state index in [1.54, 1.807) is 14.2 Å². The SMILES string of the molecule is COc1ccc(OC)c(C2(C(N)=O)CCCC2)c1. The zero-order valence-corrected chi connectivity index (χ0v) is 10.9. The molecule has 0 heterocycles. The van der Waals surface area contributed by atoms with E-state index in [9.17, 15) is 4.79 Å². The Morgan fingerprint density at radius 1 is 1.22 bits per heavy atom. The van der Waals surface area contributed by atoms with Gasteiger partial charge in [0.2, 0.25) is 5.91 Å². The van der Waals surface area contributed by atoms with Crippen molar-refractivity contribution in [3.05, 3.63) is 23.8 Å². The number of hydrogen-bond acceptors (Lipinski definition) is 3. The molecule has 1 amide bonds. The summed E-state index contributed by atoms with van der Waals surface area (Å²) < 4.78 is 10.6. The fraction of sp³-hybridized carbons (Fsp3) is 0.500. The Morgan fingerprint density at radius 3 is 2.39 bits per heavy atom. The van der Waals surface area contributed by atoms with Crippen LogP contribution in [0.15, 0.2) is 18.2 Å². The van der Waals surface area contributed by atoms with Crippen LogP contribution in [0.2, 0.25) is 0 Å². The van der Waals surface area contributed by atoms with E-state index in [2.05, 4.69) is 0 Å². The highest BCUT2D eigenvalue weighted by molar-refractivity contribution is 5.88. The third kappa shape index (κ3) is 1.92. The molecule has 1 aliphatic carbocycles. The van der Waals surface area contributed by atoms with Crippen molar-refractivity contribution in [1.29, 1.82) is 0 Å². The van der Waals surface area contributed by atoms with Gasteiger partial charge in [-0.05, 0) is 31.0 Å². The summed E-state index contributed by atoms with van der Waals surface area (Å²) in [5.74, 6) is 1.15. The minimum Gasteiger partial charge on any atom is -0.497 e. The van der Waals surface area contributed by atoms with Crippen molar-refractivity contribution in [3.8, 4) is 11.5 Å². The van der Waals surface area contributed by atoms with Crippen molar-refractivity contribution in [2.24, 2.45) is 5.73 Å². The van der Waals surface area contributed by atoms with Crippen LogP contribution >= 0.6 is 0 Å². The van der Waals surface area contributed by atoms with Crippen molar-refractivity contribution >= 4 is 5.91 Å². The molecule has 2 N–H and O–H groups in total. The minimum absolute atomic E-state index is 0.272. The Labute approximate surface area is 107 Å². The lowest BCUT2D eigenvalue weighted by Gasteiger charge is -2.27. The van der Waals surface area contributed by atoms with Crippen LogP contribution in [0.4, 0.5) is 0 Å². The van der Waals surface area contributed by atoms with E-state index in [0.717, 1.165) is 37.0 Å². The van der Waals surface area contributed by atoms with E-state index in [1.165, 1.54) is 0 Å². The summed E-state index contributed by atoms with van der Waals surface area (Å²) in [7, 11) is 3.21. The molecule has 0 atom stereocenters. The van der Waals surface area contributed by atoms with Crippen LogP contribution in [0.3, 0.4) is 0 Å². The normalized spacial score (nSPS) is 17.4. The number of carbonyl (C=O) groups excluding carboxylic acids is 1. The Hall–Kier alpha value is -1.71. The predicted molar refractivity (Wildman–Crippen MR) is 68.9 cm³/mol. The first-order chi connectivity index (χ1) is 8.64. The minimum atomic E-state index is -0.597. The van der Waals surface area contributed by atoms with Crippen LogP contribution in [-0.4, -0.2) is 20.1 Å². The Balaban J connectivity index is 2.55. The summed E-state index contributed by atoms with van der Waals surface area (Å²) in [6.45, 7) is 0. The highest BCUT2D eigenvalue weighted by Gasteiger charge is 2.43. The van der Waals surface area contributed by atoms with Gasteiger partial charge >= 0.3 is 0 Å². The molecule has 0 saturated heterocycles. The number of primary amides is 1. The summed E-state index contributed by atoms with van der Waals surface area (Å²) in [4.78, 5) is 11.9. The van der Waals surface area contributed by atoms with Crippen molar-refractivity contribution in [2.75, 3.05) is 14.2 Å². The maximum atomic E-state index is 11.9. The number of nitrogens with two attached hydrogens (primary N) is 1.